The molecule has 3 heteroatoms. The molecule has 2 atom stereocenters. The Morgan fingerprint density at radius 2 is 1.84 bits per heavy atom. The zero-order valence-electron chi connectivity index (χ0n) is 12.2. The van der Waals surface area contributed by atoms with Crippen LogP contribution >= 0.6 is 0 Å². The Hall–Kier alpha value is -1.35. The Morgan fingerprint density at radius 3 is 2.42 bits per heavy atom. The summed E-state index contributed by atoms with van der Waals surface area (Å²) in [6, 6.07) is 10.1. The van der Waals surface area contributed by atoms with E-state index in [0.717, 1.165) is 12.0 Å². The zero-order valence-corrected chi connectivity index (χ0v) is 12.2. The van der Waals surface area contributed by atoms with Crippen LogP contribution in [0.3, 0.4) is 0 Å². The maximum atomic E-state index is 11.8. The average molecular weight is 262 g/mol. The third-order valence-corrected chi connectivity index (χ3v) is 3.14. The standard InChI is InChI=1S/C16H26N2O/c1-12(2)11-13(3)18-16(19)10-9-15(17)14-7-5-4-6-8-14/h4-8,12-13,15H,9-11,17H2,1-3H3,(H,18,19). The Morgan fingerprint density at radius 1 is 1.21 bits per heavy atom. The van der Waals surface area contributed by atoms with Gasteiger partial charge in [0.25, 0.3) is 0 Å². The summed E-state index contributed by atoms with van der Waals surface area (Å²) in [5, 5.41) is 3.02. The first-order valence-corrected chi connectivity index (χ1v) is 7.09. The summed E-state index contributed by atoms with van der Waals surface area (Å²) in [6.45, 7) is 6.37. The summed E-state index contributed by atoms with van der Waals surface area (Å²) >= 11 is 0. The first kappa shape index (κ1) is 15.7. The van der Waals surface area contributed by atoms with Crippen molar-refractivity contribution >= 4 is 5.91 Å². The molecule has 0 radical (unpaired) electrons. The lowest BCUT2D eigenvalue weighted by atomic mass is 10.0. The molecule has 3 nitrogen and oxygen atoms in total. The van der Waals surface area contributed by atoms with Crippen LogP contribution in [0.5, 0.6) is 0 Å². The van der Waals surface area contributed by atoms with Crippen molar-refractivity contribution in [3.05, 3.63) is 35.9 Å². The molecule has 0 aliphatic rings. The molecule has 0 saturated heterocycles. The largest absolute Gasteiger partial charge is 0.354 e. The molecule has 1 aromatic rings. The molecule has 0 saturated carbocycles. The van der Waals surface area contributed by atoms with Crippen LogP contribution < -0.4 is 11.1 Å². The molecular formula is C16H26N2O. The van der Waals surface area contributed by atoms with E-state index in [1.54, 1.807) is 0 Å². The number of nitrogens with one attached hydrogen (secondary N) is 1. The van der Waals surface area contributed by atoms with Crippen molar-refractivity contribution < 1.29 is 4.79 Å². The normalized spacial score (nSPS) is 14.2. The van der Waals surface area contributed by atoms with Gasteiger partial charge in [-0.05, 0) is 31.2 Å². The summed E-state index contributed by atoms with van der Waals surface area (Å²) in [4.78, 5) is 11.8. The summed E-state index contributed by atoms with van der Waals surface area (Å²) in [6.07, 6.45) is 2.18. The summed E-state index contributed by atoms with van der Waals surface area (Å²) < 4.78 is 0. The van der Waals surface area contributed by atoms with Crippen LogP contribution in [-0.4, -0.2) is 11.9 Å². The maximum absolute atomic E-state index is 11.8. The third-order valence-electron chi connectivity index (χ3n) is 3.14. The van der Waals surface area contributed by atoms with Gasteiger partial charge in [0.05, 0.1) is 0 Å². The van der Waals surface area contributed by atoms with Crippen molar-refractivity contribution in [2.24, 2.45) is 11.7 Å². The van der Waals surface area contributed by atoms with Gasteiger partial charge in [-0.2, -0.15) is 0 Å². The van der Waals surface area contributed by atoms with Gasteiger partial charge in [0.1, 0.15) is 0 Å². The van der Waals surface area contributed by atoms with Gasteiger partial charge in [-0.1, -0.05) is 44.2 Å². The Bertz CT molecular complexity index is 376. The minimum Gasteiger partial charge on any atom is -0.354 e. The van der Waals surface area contributed by atoms with Gasteiger partial charge >= 0.3 is 0 Å². The van der Waals surface area contributed by atoms with Gasteiger partial charge in [0, 0.05) is 18.5 Å². The number of rotatable bonds is 7. The Balaban J connectivity index is 2.30. The van der Waals surface area contributed by atoms with Gasteiger partial charge < -0.3 is 11.1 Å². The fourth-order valence-electron chi connectivity index (χ4n) is 2.27. The molecule has 1 rings (SSSR count). The maximum Gasteiger partial charge on any atom is 0.220 e. The molecule has 19 heavy (non-hydrogen) atoms. The van der Waals surface area contributed by atoms with E-state index < -0.39 is 0 Å². The lowest BCUT2D eigenvalue weighted by molar-refractivity contribution is -0.121. The predicted molar refractivity (Wildman–Crippen MR) is 79.7 cm³/mol. The SMILES string of the molecule is CC(C)CC(C)NC(=O)CCC(N)c1ccccc1. The monoisotopic (exact) mass is 262 g/mol. The van der Waals surface area contributed by atoms with Crippen LogP contribution in [0.25, 0.3) is 0 Å². The molecule has 0 spiro atoms. The van der Waals surface area contributed by atoms with Crippen molar-refractivity contribution in [1.29, 1.82) is 0 Å². The first-order chi connectivity index (χ1) is 8.99. The van der Waals surface area contributed by atoms with Gasteiger partial charge in [-0.15, -0.1) is 0 Å². The summed E-state index contributed by atoms with van der Waals surface area (Å²) in [5.41, 5.74) is 7.16. The number of nitrogens with two attached hydrogens (primary N) is 1. The molecule has 1 amide bonds. The second-order valence-corrected chi connectivity index (χ2v) is 5.65. The number of benzene rings is 1. The first-order valence-electron chi connectivity index (χ1n) is 7.09. The minimum atomic E-state index is -0.0626. The second kappa shape index (κ2) is 7.95. The highest BCUT2D eigenvalue weighted by Gasteiger charge is 2.11. The Labute approximate surface area is 116 Å². The van der Waals surface area contributed by atoms with E-state index in [9.17, 15) is 4.79 Å². The molecular weight excluding hydrogens is 236 g/mol. The van der Waals surface area contributed by atoms with Crippen LogP contribution in [0, 0.1) is 5.92 Å². The van der Waals surface area contributed by atoms with Crippen LogP contribution in [-0.2, 0) is 4.79 Å². The quantitative estimate of drug-likeness (QED) is 0.793. The average Bonchev–Trinajstić information content (AvgIpc) is 2.36. The lowest BCUT2D eigenvalue weighted by Crippen LogP contribution is -2.33. The summed E-state index contributed by atoms with van der Waals surface area (Å²) in [7, 11) is 0. The van der Waals surface area contributed by atoms with E-state index in [4.69, 9.17) is 5.73 Å². The molecule has 0 fully saturated rings. The van der Waals surface area contributed by atoms with Crippen LogP contribution in [0.2, 0.25) is 0 Å². The van der Waals surface area contributed by atoms with Gasteiger partial charge in [0.2, 0.25) is 5.91 Å². The second-order valence-electron chi connectivity index (χ2n) is 5.65. The number of hydrogen-bond acceptors (Lipinski definition) is 2. The van der Waals surface area contributed by atoms with Crippen LogP contribution in [0.15, 0.2) is 30.3 Å². The lowest BCUT2D eigenvalue weighted by Gasteiger charge is -2.17. The number of carbonyl (C=O) groups excluding carboxylic acids is 1. The molecule has 0 aliphatic heterocycles. The molecule has 0 heterocycles. The minimum absolute atomic E-state index is 0.0626. The molecule has 106 valence electrons. The van der Waals surface area contributed by atoms with Gasteiger partial charge in [0.15, 0.2) is 0 Å². The smallest absolute Gasteiger partial charge is 0.220 e. The topological polar surface area (TPSA) is 55.1 Å². The number of carbonyl (C=O) groups is 1. The fraction of sp³-hybridized carbons (Fsp3) is 0.562. The van der Waals surface area contributed by atoms with E-state index in [2.05, 4.69) is 26.1 Å². The van der Waals surface area contributed by atoms with Crippen LogP contribution in [0.1, 0.15) is 51.6 Å². The van der Waals surface area contributed by atoms with Gasteiger partial charge in [-0.3, -0.25) is 4.79 Å². The highest BCUT2D eigenvalue weighted by atomic mass is 16.1. The zero-order chi connectivity index (χ0) is 14.3. The van der Waals surface area contributed by atoms with Crippen molar-refractivity contribution in [2.75, 3.05) is 0 Å². The van der Waals surface area contributed by atoms with E-state index in [1.807, 2.05) is 30.3 Å². The molecule has 2 unspecified atom stereocenters. The van der Waals surface area contributed by atoms with E-state index in [-0.39, 0.29) is 18.0 Å². The molecule has 0 bridgehead atoms. The van der Waals surface area contributed by atoms with E-state index in [0.29, 0.717) is 18.8 Å². The molecule has 0 aliphatic carbocycles. The van der Waals surface area contributed by atoms with Crippen molar-refractivity contribution in [3.63, 3.8) is 0 Å². The molecule has 1 aromatic carbocycles. The highest BCUT2D eigenvalue weighted by molar-refractivity contribution is 5.76. The third kappa shape index (κ3) is 6.39. The fourth-order valence-corrected chi connectivity index (χ4v) is 2.27. The van der Waals surface area contributed by atoms with Gasteiger partial charge in [-0.25, -0.2) is 0 Å². The van der Waals surface area contributed by atoms with Crippen LogP contribution in [0.4, 0.5) is 0 Å². The number of amides is 1. The van der Waals surface area contributed by atoms with E-state index >= 15 is 0 Å². The molecule has 0 aromatic heterocycles. The van der Waals surface area contributed by atoms with Crippen molar-refractivity contribution in [1.82, 2.24) is 5.32 Å². The predicted octanol–water partition coefficient (Wildman–Crippen LogP) is 3.02. The molecule has 3 N–H and O–H groups in total. The van der Waals surface area contributed by atoms with Crippen molar-refractivity contribution in [3.8, 4) is 0 Å². The summed E-state index contributed by atoms with van der Waals surface area (Å²) in [5.74, 6) is 0.696. The van der Waals surface area contributed by atoms with E-state index in [1.165, 1.54) is 0 Å². The van der Waals surface area contributed by atoms with Crippen molar-refractivity contribution in [2.45, 2.75) is 52.1 Å². The Kier molecular flexibility index (Phi) is 6.57. The number of hydrogen-bond donors (Lipinski definition) is 2. The highest BCUT2D eigenvalue weighted by Crippen LogP contribution is 2.15.